The molecule has 2 aromatic carbocycles. The van der Waals surface area contributed by atoms with Gasteiger partial charge < -0.3 is 5.32 Å². The zero-order valence-corrected chi connectivity index (χ0v) is 13.9. The maximum absolute atomic E-state index is 13.7. The topological polar surface area (TPSA) is 12.0 Å². The first kappa shape index (κ1) is 14.5. The summed E-state index contributed by atoms with van der Waals surface area (Å²) in [6.45, 7) is 4.55. The van der Waals surface area contributed by atoms with Gasteiger partial charge in [-0.3, -0.25) is 0 Å². The van der Waals surface area contributed by atoms with Crippen LogP contribution < -0.4 is 5.32 Å². The Balaban J connectivity index is 2.19. The van der Waals surface area contributed by atoms with E-state index in [1.165, 1.54) is 11.6 Å². The highest BCUT2D eigenvalue weighted by molar-refractivity contribution is 9.10. The lowest BCUT2D eigenvalue weighted by atomic mass is 10.1. The third-order valence-corrected chi connectivity index (χ3v) is 4.02. The van der Waals surface area contributed by atoms with Crippen LogP contribution in [0, 0.1) is 19.7 Å². The first-order valence-electron chi connectivity index (χ1n) is 5.92. The molecule has 4 heteroatoms. The van der Waals surface area contributed by atoms with Crippen LogP contribution in [0.15, 0.2) is 39.3 Å². The van der Waals surface area contributed by atoms with Crippen molar-refractivity contribution in [2.45, 2.75) is 20.4 Å². The number of rotatable bonds is 3. The van der Waals surface area contributed by atoms with Crippen molar-refractivity contribution < 1.29 is 4.39 Å². The Morgan fingerprint density at radius 2 is 1.84 bits per heavy atom. The van der Waals surface area contributed by atoms with Crippen molar-refractivity contribution in [3.05, 3.63) is 61.8 Å². The predicted molar refractivity (Wildman–Crippen MR) is 85.0 cm³/mol. The highest BCUT2D eigenvalue weighted by atomic mass is 79.9. The number of anilines is 1. The lowest BCUT2D eigenvalue weighted by Crippen LogP contribution is -2.04. The van der Waals surface area contributed by atoms with Crippen LogP contribution in [0.3, 0.4) is 0 Å². The molecule has 0 bridgehead atoms. The summed E-state index contributed by atoms with van der Waals surface area (Å²) in [5.74, 6) is -0.206. The lowest BCUT2D eigenvalue weighted by molar-refractivity contribution is 0.612. The average molecular weight is 387 g/mol. The Hall–Kier alpha value is -0.870. The molecule has 0 radical (unpaired) electrons. The fourth-order valence-corrected chi connectivity index (χ4v) is 3.14. The predicted octanol–water partition coefficient (Wildman–Crippen LogP) is 5.58. The number of nitrogens with one attached hydrogen (secondary N) is 1. The molecule has 0 atom stereocenters. The molecule has 0 saturated heterocycles. The third kappa shape index (κ3) is 3.57. The van der Waals surface area contributed by atoms with E-state index in [-0.39, 0.29) is 5.82 Å². The van der Waals surface area contributed by atoms with Crippen molar-refractivity contribution in [1.29, 1.82) is 0 Å². The molecule has 0 unspecified atom stereocenters. The molecular weight excluding hydrogens is 373 g/mol. The van der Waals surface area contributed by atoms with Crippen molar-refractivity contribution in [1.82, 2.24) is 0 Å². The summed E-state index contributed by atoms with van der Waals surface area (Å²) < 4.78 is 15.5. The van der Waals surface area contributed by atoms with Crippen LogP contribution in [0.1, 0.15) is 16.7 Å². The zero-order valence-electron chi connectivity index (χ0n) is 10.7. The van der Waals surface area contributed by atoms with Gasteiger partial charge in [-0.15, -0.1) is 0 Å². The average Bonchev–Trinajstić information content (AvgIpc) is 2.30. The van der Waals surface area contributed by atoms with E-state index in [1.807, 2.05) is 19.1 Å². The van der Waals surface area contributed by atoms with Gasteiger partial charge in [-0.25, -0.2) is 4.39 Å². The van der Waals surface area contributed by atoms with E-state index in [2.05, 4.69) is 50.2 Å². The molecular formula is C15H14Br2FN. The minimum absolute atomic E-state index is 0.206. The van der Waals surface area contributed by atoms with Gasteiger partial charge in [-0.1, -0.05) is 28.1 Å². The van der Waals surface area contributed by atoms with Gasteiger partial charge in [0, 0.05) is 21.1 Å². The van der Waals surface area contributed by atoms with Gasteiger partial charge in [0.05, 0.1) is 5.69 Å². The van der Waals surface area contributed by atoms with Gasteiger partial charge in [0.2, 0.25) is 0 Å². The number of aryl methyl sites for hydroxylation is 2. The SMILES string of the molecule is Cc1cc(C)c(NCc2ccc(Br)cc2F)c(Br)c1. The molecule has 19 heavy (non-hydrogen) atoms. The standard InChI is InChI=1S/C15H14Br2FN/c1-9-5-10(2)15(13(17)6-9)19-8-11-3-4-12(16)7-14(11)18/h3-7,19H,8H2,1-2H3. The van der Waals surface area contributed by atoms with Crippen molar-refractivity contribution in [2.24, 2.45) is 0 Å². The van der Waals surface area contributed by atoms with E-state index < -0.39 is 0 Å². The van der Waals surface area contributed by atoms with Crippen LogP contribution in [0.25, 0.3) is 0 Å². The van der Waals surface area contributed by atoms with Gasteiger partial charge >= 0.3 is 0 Å². The largest absolute Gasteiger partial charge is 0.380 e. The minimum Gasteiger partial charge on any atom is -0.380 e. The van der Waals surface area contributed by atoms with Crippen molar-refractivity contribution >= 4 is 37.5 Å². The first-order chi connectivity index (χ1) is 8.97. The van der Waals surface area contributed by atoms with E-state index >= 15 is 0 Å². The Labute approximate surface area is 129 Å². The zero-order chi connectivity index (χ0) is 14.0. The third-order valence-electron chi connectivity index (χ3n) is 2.90. The highest BCUT2D eigenvalue weighted by Gasteiger charge is 2.07. The van der Waals surface area contributed by atoms with Crippen LogP contribution >= 0.6 is 31.9 Å². The number of hydrogen-bond acceptors (Lipinski definition) is 1. The lowest BCUT2D eigenvalue weighted by Gasteiger charge is -2.13. The summed E-state index contributed by atoms with van der Waals surface area (Å²) in [7, 11) is 0. The molecule has 1 nitrogen and oxygen atoms in total. The summed E-state index contributed by atoms with van der Waals surface area (Å²) in [5.41, 5.74) is 4.00. The molecule has 100 valence electrons. The van der Waals surface area contributed by atoms with Crippen LogP contribution in [-0.2, 0) is 6.54 Å². The number of hydrogen-bond donors (Lipinski definition) is 1. The second kappa shape index (κ2) is 6.06. The van der Waals surface area contributed by atoms with E-state index in [4.69, 9.17) is 0 Å². The van der Waals surface area contributed by atoms with Crippen molar-refractivity contribution in [2.75, 3.05) is 5.32 Å². The summed E-state index contributed by atoms with van der Waals surface area (Å²) in [6.07, 6.45) is 0. The molecule has 2 rings (SSSR count). The smallest absolute Gasteiger partial charge is 0.129 e. The molecule has 0 aromatic heterocycles. The molecule has 0 heterocycles. The molecule has 0 aliphatic heterocycles. The van der Waals surface area contributed by atoms with E-state index in [9.17, 15) is 4.39 Å². The quantitative estimate of drug-likeness (QED) is 0.725. The van der Waals surface area contributed by atoms with Crippen molar-refractivity contribution in [3.8, 4) is 0 Å². The van der Waals surface area contributed by atoms with Crippen LogP contribution in [-0.4, -0.2) is 0 Å². The molecule has 0 saturated carbocycles. The summed E-state index contributed by atoms with van der Waals surface area (Å²) in [4.78, 5) is 0. The van der Waals surface area contributed by atoms with Crippen LogP contribution in [0.4, 0.5) is 10.1 Å². The molecule has 2 aromatic rings. The van der Waals surface area contributed by atoms with Gasteiger partial charge in [0.25, 0.3) is 0 Å². The molecule has 1 N–H and O–H groups in total. The Kier molecular flexibility index (Phi) is 4.63. The fourth-order valence-electron chi connectivity index (χ4n) is 1.99. The van der Waals surface area contributed by atoms with Gasteiger partial charge in [-0.05, 0) is 59.1 Å². The second-order valence-corrected chi connectivity index (χ2v) is 6.30. The fraction of sp³-hybridized carbons (Fsp3) is 0.200. The molecule has 0 fully saturated rings. The van der Waals surface area contributed by atoms with Crippen LogP contribution in [0.5, 0.6) is 0 Å². The van der Waals surface area contributed by atoms with Crippen molar-refractivity contribution in [3.63, 3.8) is 0 Å². The van der Waals surface area contributed by atoms with Gasteiger partial charge in [0.1, 0.15) is 5.82 Å². The summed E-state index contributed by atoms with van der Waals surface area (Å²) in [6, 6.07) is 9.26. The summed E-state index contributed by atoms with van der Waals surface area (Å²) >= 11 is 6.79. The first-order valence-corrected chi connectivity index (χ1v) is 7.50. The van der Waals surface area contributed by atoms with E-state index in [1.54, 1.807) is 6.07 Å². The monoisotopic (exact) mass is 385 g/mol. The van der Waals surface area contributed by atoms with E-state index in [0.29, 0.717) is 12.1 Å². The summed E-state index contributed by atoms with van der Waals surface area (Å²) in [5, 5.41) is 3.28. The number of benzene rings is 2. The normalized spacial score (nSPS) is 10.6. The molecule has 0 spiro atoms. The molecule has 0 aliphatic carbocycles. The number of halogens is 3. The Morgan fingerprint density at radius 1 is 1.11 bits per heavy atom. The molecule has 0 aliphatic rings. The van der Waals surface area contributed by atoms with Gasteiger partial charge in [-0.2, -0.15) is 0 Å². The maximum Gasteiger partial charge on any atom is 0.129 e. The second-order valence-electron chi connectivity index (χ2n) is 4.53. The van der Waals surface area contributed by atoms with Gasteiger partial charge in [0.15, 0.2) is 0 Å². The highest BCUT2D eigenvalue weighted by Crippen LogP contribution is 2.28. The Bertz CT molecular complexity index is 588. The van der Waals surface area contributed by atoms with E-state index in [0.717, 1.165) is 20.2 Å². The molecule has 0 amide bonds. The minimum atomic E-state index is -0.206. The Morgan fingerprint density at radius 3 is 2.47 bits per heavy atom. The maximum atomic E-state index is 13.7. The van der Waals surface area contributed by atoms with Crippen LogP contribution in [0.2, 0.25) is 0 Å².